The number of aromatic nitrogens is 1. The van der Waals surface area contributed by atoms with E-state index in [2.05, 4.69) is 18.8 Å². The summed E-state index contributed by atoms with van der Waals surface area (Å²) < 4.78 is 5.89. The first kappa shape index (κ1) is 11.2. The molecular weight excluding hydrogens is 200 g/mol. The first-order valence-electron chi connectivity index (χ1n) is 6.02. The summed E-state index contributed by atoms with van der Waals surface area (Å²) in [6, 6.07) is 5.53. The van der Waals surface area contributed by atoms with E-state index in [9.17, 15) is 0 Å². The minimum atomic E-state index is 0.299. The Morgan fingerprint density at radius 1 is 1.19 bits per heavy atom. The van der Waals surface area contributed by atoms with Crippen molar-refractivity contribution in [1.29, 1.82) is 0 Å². The first-order valence-corrected chi connectivity index (χ1v) is 6.02. The number of hydrogen-bond donors (Lipinski definition) is 1. The molecule has 2 N–H and O–H groups in total. The molecule has 1 heterocycles. The molecule has 2 rings (SSSR count). The Morgan fingerprint density at radius 3 is 2.50 bits per heavy atom. The van der Waals surface area contributed by atoms with E-state index < -0.39 is 0 Å². The molecule has 1 saturated carbocycles. The average molecular weight is 220 g/mol. The third-order valence-electron chi connectivity index (χ3n) is 3.17. The van der Waals surface area contributed by atoms with Crippen LogP contribution in [0.3, 0.4) is 0 Å². The van der Waals surface area contributed by atoms with Gasteiger partial charge in [-0.25, -0.2) is 0 Å². The van der Waals surface area contributed by atoms with Gasteiger partial charge >= 0.3 is 0 Å². The molecule has 0 radical (unpaired) electrons. The SMILES string of the molecule is CC1CC(C)CC(Oc2cccc(N)n2)C1. The van der Waals surface area contributed by atoms with Crippen molar-refractivity contribution in [3.05, 3.63) is 18.2 Å². The molecule has 0 amide bonds. The number of rotatable bonds is 2. The highest BCUT2D eigenvalue weighted by molar-refractivity contribution is 5.31. The van der Waals surface area contributed by atoms with Gasteiger partial charge in [0.05, 0.1) is 0 Å². The van der Waals surface area contributed by atoms with Crippen LogP contribution in [0.15, 0.2) is 18.2 Å². The van der Waals surface area contributed by atoms with Gasteiger partial charge in [0.15, 0.2) is 0 Å². The van der Waals surface area contributed by atoms with Crippen LogP contribution in [0.1, 0.15) is 33.1 Å². The first-order chi connectivity index (χ1) is 7.63. The molecule has 2 atom stereocenters. The van der Waals surface area contributed by atoms with Gasteiger partial charge in [0.2, 0.25) is 5.88 Å². The van der Waals surface area contributed by atoms with Crippen molar-refractivity contribution in [3.63, 3.8) is 0 Å². The highest BCUT2D eigenvalue weighted by atomic mass is 16.5. The molecule has 0 bridgehead atoms. The second-order valence-corrected chi connectivity index (χ2v) is 5.06. The second-order valence-electron chi connectivity index (χ2n) is 5.06. The molecule has 88 valence electrons. The van der Waals surface area contributed by atoms with Crippen LogP contribution in [0, 0.1) is 11.8 Å². The van der Waals surface area contributed by atoms with Gasteiger partial charge in [-0.05, 0) is 37.2 Å². The Bertz CT molecular complexity index is 344. The Balaban J connectivity index is 1.98. The maximum absolute atomic E-state index is 5.89. The van der Waals surface area contributed by atoms with Crippen LogP contribution in [0.2, 0.25) is 0 Å². The van der Waals surface area contributed by atoms with Gasteiger partial charge in [-0.2, -0.15) is 4.98 Å². The van der Waals surface area contributed by atoms with Crippen LogP contribution in [0.5, 0.6) is 5.88 Å². The molecule has 1 fully saturated rings. The van der Waals surface area contributed by atoms with Crippen molar-refractivity contribution < 1.29 is 4.74 Å². The Kier molecular flexibility index (Phi) is 3.32. The summed E-state index contributed by atoms with van der Waals surface area (Å²) in [6.07, 6.45) is 3.86. The van der Waals surface area contributed by atoms with Gasteiger partial charge in [0.1, 0.15) is 11.9 Å². The summed E-state index contributed by atoms with van der Waals surface area (Å²) >= 11 is 0. The normalized spacial score (nSPS) is 30.0. The number of anilines is 1. The lowest BCUT2D eigenvalue weighted by Gasteiger charge is -2.31. The standard InChI is InChI=1S/C13H20N2O/c1-9-6-10(2)8-11(7-9)16-13-5-3-4-12(14)15-13/h3-5,9-11H,6-8H2,1-2H3,(H2,14,15). The van der Waals surface area contributed by atoms with E-state index in [1.165, 1.54) is 6.42 Å². The summed E-state index contributed by atoms with van der Waals surface area (Å²) in [5.41, 5.74) is 5.63. The maximum atomic E-state index is 5.89. The number of hydrogen-bond acceptors (Lipinski definition) is 3. The molecular formula is C13H20N2O. The van der Waals surface area contributed by atoms with E-state index in [0.717, 1.165) is 24.7 Å². The summed E-state index contributed by atoms with van der Waals surface area (Å²) in [4.78, 5) is 4.17. The van der Waals surface area contributed by atoms with Crippen LogP contribution in [0.25, 0.3) is 0 Å². The fourth-order valence-electron chi connectivity index (χ4n) is 2.64. The summed E-state index contributed by atoms with van der Waals surface area (Å²) in [5.74, 6) is 2.67. The highest BCUT2D eigenvalue weighted by Crippen LogP contribution is 2.30. The lowest BCUT2D eigenvalue weighted by atomic mass is 9.82. The molecule has 1 aromatic heterocycles. The average Bonchev–Trinajstić information content (AvgIpc) is 2.15. The van der Waals surface area contributed by atoms with E-state index >= 15 is 0 Å². The van der Waals surface area contributed by atoms with Gasteiger partial charge < -0.3 is 10.5 Å². The van der Waals surface area contributed by atoms with Crippen molar-refractivity contribution in [2.75, 3.05) is 5.73 Å². The Labute approximate surface area is 97.0 Å². The molecule has 1 aromatic rings. The zero-order valence-electron chi connectivity index (χ0n) is 10.0. The molecule has 1 aliphatic rings. The van der Waals surface area contributed by atoms with E-state index in [1.807, 2.05) is 12.1 Å². The summed E-state index contributed by atoms with van der Waals surface area (Å²) in [7, 11) is 0. The third kappa shape index (κ3) is 2.87. The van der Waals surface area contributed by atoms with Gasteiger partial charge in [-0.1, -0.05) is 19.9 Å². The van der Waals surface area contributed by atoms with Crippen LogP contribution in [0.4, 0.5) is 5.82 Å². The zero-order chi connectivity index (χ0) is 11.5. The van der Waals surface area contributed by atoms with Gasteiger partial charge in [-0.3, -0.25) is 0 Å². The predicted octanol–water partition coefficient (Wildman–Crippen LogP) is 2.87. The number of nitrogens with two attached hydrogens (primary N) is 1. The molecule has 0 aromatic carbocycles. The molecule has 0 saturated heterocycles. The monoisotopic (exact) mass is 220 g/mol. The van der Waals surface area contributed by atoms with Crippen LogP contribution in [-0.2, 0) is 0 Å². The predicted molar refractivity (Wildman–Crippen MR) is 65.2 cm³/mol. The third-order valence-corrected chi connectivity index (χ3v) is 3.17. The lowest BCUT2D eigenvalue weighted by molar-refractivity contribution is 0.0969. The van der Waals surface area contributed by atoms with Crippen molar-refractivity contribution in [2.45, 2.75) is 39.2 Å². The number of ether oxygens (including phenoxy) is 1. The zero-order valence-corrected chi connectivity index (χ0v) is 10.0. The van der Waals surface area contributed by atoms with E-state index in [-0.39, 0.29) is 0 Å². The molecule has 3 heteroatoms. The highest BCUT2D eigenvalue weighted by Gasteiger charge is 2.25. The number of pyridine rings is 1. The molecule has 1 aliphatic carbocycles. The van der Waals surface area contributed by atoms with Crippen molar-refractivity contribution in [1.82, 2.24) is 4.98 Å². The van der Waals surface area contributed by atoms with E-state index in [0.29, 0.717) is 17.8 Å². The van der Waals surface area contributed by atoms with Crippen LogP contribution in [-0.4, -0.2) is 11.1 Å². The van der Waals surface area contributed by atoms with Crippen molar-refractivity contribution in [2.24, 2.45) is 11.8 Å². The fourth-order valence-corrected chi connectivity index (χ4v) is 2.64. The second kappa shape index (κ2) is 4.73. The minimum absolute atomic E-state index is 0.299. The fraction of sp³-hybridized carbons (Fsp3) is 0.615. The Morgan fingerprint density at radius 2 is 1.88 bits per heavy atom. The quantitative estimate of drug-likeness (QED) is 0.833. The lowest BCUT2D eigenvalue weighted by Crippen LogP contribution is -2.28. The van der Waals surface area contributed by atoms with Crippen molar-refractivity contribution in [3.8, 4) is 5.88 Å². The van der Waals surface area contributed by atoms with Gasteiger partial charge in [0.25, 0.3) is 0 Å². The Hall–Kier alpha value is -1.25. The van der Waals surface area contributed by atoms with E-state index in [4.69, 9.17) is 10.5 Å². The topological polar surface area (TPSA) is 48.1 Å². The summed E-state index contributed by atoms with van der Waals surface area (Å²) in [5, 5.41) is 0. The molecule has 3 nitrogen and oxygen atoms in total. The molecule has 0 spiro atoms. The molecule has 2 unspecified atom stereocenters. The number of nitrogens with zero attached hydrogens (tertiary/aromatic N) is 1. The largest absolute Gasteiger partial charge is 0.474 e. The van der Waals surface area contributed by atoms with E-state index in [1.54, 1.807) is 6.07 Å². The van der Waals surface area contributed by atoms with Crippen LogP contribution >= 0.6 is 0 Å². The molecule has 0 aliphatic heterocycles. The maximum Gasteiger partial charge on any atom is 0.215 e. The summed E-state index contributed by atoms with van der Waals surface area (Å²) in [6.45, 7) is 4.58. The smallest absolute Gasteiger partial charge is 0.215 e. The minimum Gasteiger partial charge on any atom is -0.474 e. The van der Waals surface area contributed by atoms with Crippen molar-refractivity contribution >= 4 is 5.82 Å². The van der Waals surface area contributed by atoms with Gasteiger partial charge in [0, 0.05) is 6.07 Å². The molecule has 16 heavy (non-hydrogen) atoms. The number of nitrogen functional groups attached to an aromatic ring is 1. The van der Waals surface area contributed by atoms with Crippen LogP contribution < -0.4 is 10.5 Å². The van der Waals surface area contributed by atoms with Gasteiger partial charge in [-0.15, -0.1) is 0 Å².